The number of benzene rings is 3. The summed E-state index contributed by atoms with van der Waals surface area (Å²) < 4.78 is 30.1. The molecule has 2 heterocycles. The van der Waals surface area contributed by atoms with Crippen LogP contribution in [0.1, 0.15) is 43.5 Å². The molecule has 1 aliphatic rings. The van der Waals surface area contributed by atoms with Gasteiger partial charge in [0.05, 0.1) is 52.3 Å². The monoisotopic (exact) mass is 768 g/mol. The number of fused-ring (bicyclic) bond motifs is 1. The molecule has 0 saturated carbocycles. The van der Waals surface area contributed by atoms with Gasteiger partial charge in [-0.05, 0) is 84.8 Å². The highest BCUT2D eigenvalue weighted by Gasteiger charge is 2.35. The van der Waals surface area contributed by atoms with Crippen LogP contribution in [0, 0.1) is 3.57 Å². The lowest BCUT2D eigenvalue weighted by molar-refractivity contribution is -0.145. The highest BCUT2D eigenvalue weighted by molar-refractivity contribution is 14.1. The number of methoxy groups -OCH3 is 1. The van der Waals surface area contributed by atoms with Gasteiger partial charge in [0.1, 0.15) is 5.75 Å². The molecule has 4 aromatic rings. The molecule has 1 aromatic heterocycles. The van der Waals surface area contributed by atoms with Gasteiger partial charge >= 0.3 is 11.9 Å². The molecule has 0 spiro atoms. The van der Waals surface area contributed by atoms with E-state index in [0.717, 1.165) is 5.56 Å². The summed E-state index contributed by atoms with van der Waals surface area (Å²) in [7, 11) is 1.50. The maximum absolute atomic E-state index is 14.3. The number of hydrogen-bond acceptors (Lipinski definition) is 10. The zero-order valence-corrected chi connectivity index (χ0v) is 29.3. The summed E-state index contributed by atoms with van der Waals surface area (Å²) in [4.78, 5) is 45.2. The van der Waals surface area contributed by atoms with Crippen molar-refractivity contribution >= 4 is 57.6 Å². The Hall–Kier alpha value is -4.43. The Labute approximate surface area is 289 Å². The van der Waals surface area contributed by atoms with Crippen LogP contribution in [0.3, 0.4) is 0 Å². The number of carbonyl (C=O) groups is 2. The van der Waals surface area contributed by atoms with E-state index in [1.54, 1.807) is 30.6 Å². The molecular weight excluding hydrogens is 735 g/mol. The molecule has 0 bridgehead atoms. The maximum Gasteiger partial charge on any atom is 0.344 e. The molecule has 0 fully saturated rings. The lowest BCUT2D eigenvalue weighted by Gasteiger charge is -2.26. The Balaban J connectivity index is 1.69. The number of esters is 2. The Kier molecular flexibility index (Phi) is 11.1. The van der Waals surface area contributed by atoms with Crippen molar-refractivity contribution in [3.63, 3.8) is 0 Å². The third-order valence-electron chi connectivity index (χ3n) is 7.07. The van der Waals surface area contributed by atoms with E-state index < -0.39 is 18.0 Å². The summed E-state index contributed by atoms with van der Waals surface area (Å²) in [5.41, 5.74) is 2.48. The Morgan fingerprint density at radius 1 is 0.957 bits per heavy atom. The molecule has 244 valence electrons. The molecule has 0 radical (unpaired) electrons. The molecule has 3 aromatic carbocycles. The molecule has 0 aliphatic carbocycles. The molecular formula is C35H33IN2O8S. The fraction of sp³-hybridized carbons (Fsp3) is 0.257. The first kappa shape index (κ1) is 33.9. The fourth-order valence-corrected chi connectivity index (χ4v) is 6.90. The van der Waals surface area contributed by atoms with Crippen molar-refractivity contribution in [3.8, 4) is 17.2 Å². The molecule has 0 N–H and O–H groups in total. The van der Waals surface area contributed by atoms with Gasteiger partial charge < -0.3 is 23.7 Å². The average Bonchev–Trinajstić information content (AvgIpc) is 3.38. The van der Waals surface area contributed by atoms with E-state index in [0.29, 0.717) is 53.6 Å². The Bertz CT molecular complexity index is 1980. The lowest BCUT2D eigenvalue weighted by atomic mass is 9.93. The first-order chi connectivity index (χ1) is 22.8. The number of thiazole rings is 1. The second-order valence-corrected chi connectivity index (χ2v) is 12.2. The normalized spacial score (nSPS) is 14.2. The molecule has 1 atom stereocenters. The van der Waals surface area contributed by atoms with Gasteiger partial charge in [0.15, 0.2) is 22.9 Å². The van der Waals surface area contributed by atoms with Gasteiger partial charge in [-0.25, -0.2) is 14.6 Å². The van der Waals surface area contributed by atoms with Crippen LogP contribution < -0.4 is 29.1 Å². The van der Waals surface area contributed by atoms with Crippen molar-refractivity contribution in [3.05, 3.63) is 112 Å². The summed E-state index contributed by atoms with van der Waals surface area (Å²) in [6.07, 6.45) is 1.75. The molecule has 47 heavy (non-hydrogen) atoms. The highest BCUT2D eigenvalue weighted by atomic mass is 127. The van der Waals surface area contributed by atoms with Crippen LogP contribution in [-0.2, 0) is 19.1 Å². The van der Waals surface area contributed by atoms with Crippen LogP contribution in [0.5, 0.6) is 17.2 Å². The first-order valence-corrected chi connectivity index (χ1v) is 16.9. The van der Waals surface area contributed by atoms with Gasteiger partial charge in [-0.1, -0.05) is 53.8 Å². The van der Waals surface area contributed by atoms with Crippen molar-refractivity contribution in [2.75, 3.05) is 33.5 Å². The van der Waals surface area contributed by atoms with Crippen LogP contribution in [0.15, 0.2) is 82.1 Å². The minimum absolute atomic E-state index is 0.158. The van der Waals surface area contributed by atoms with Gasteiger partial charge in [0.25, 0.3) is 5.56 Å². The fourth-order valence-electron chi connectivity index (χ4n) is 5.12. The van der Waals surface area contributed by atoms with E-state index in [2.05, 4.69) is 22.6 Å². The van der Waals surface area contributed by atoms with Gasteiger partial charge in [0, 0.05) is 5.56 Å². The van der Waals surface area contributed by atoms with Crippen LogP contribution in [0.2, 0.25) is 0 Å². The third kappa shape index (κ3) is 7.43. The largest absolute Gasteiger partial charge is 0.494 e. The topological polar surface area (TPSA) is 115 Å². The van der Waals surface area contributed by atoms with Gasteiger partial charge in [-0.3, -0.25) is 9.36 Å². The molecule has 10 nitrogen and oxygen atoms in total. The number of ether oxygens (including phenoxy) is 5. The zero-order valence-electron chi connectivity index (χ0n) is 26.3. The number of halogens is 1. The summed E-state index contributed by atoms with van der Waals surface area (Å²) in [5, 5.41) is 0. The number of rotatable bonds is 12. The van der Waals surface area contributed by atoms with Gasteiger partial charge in [0.2, 0.25) is 0 Å². The average molecular weight is 769 g/mol. The van der Waals surface area contributed by atoms with Crippen molar-refractivity contribution in [1.29, 1.82) is 0 Å². The summed E-state index contributed by atoms with van der Waals surface area (Å²) in [6, 6.07) is 19.5. The molecule has 0 saturated heterocycles. The SMILES string of the molecule is CCOC(=O)COc1c(I)cc(/C=c2\sc3n(c2=O)[C@@H](c2ccc(OCC)cc2)C(C(=O)OCC)=C(c2ccccc2)N=3)cc1OC. The number of nitrogens with zero attached hydrogens (tertiary/aromatic N) is 2. The van der Waals surface area contributed by atoms with Crippen molar-refractivity contribution in [2.45, 2.75) is 26.8 Å². The van der Waals surface area contributed by atoms with E-state index >= 15 is 0 Å². The Morgan fingerprint density at radius 2 is 1.68 bits per heavy atom. The van der Waals surface area contributed by atoms with Gasteiger partial charge in [-0.2, -0.15) is 0 Å². The van der Waals surface area contributed by atoms with E-state index in [-0.39, 0.29) is 31.0 Å². The van der Waals surface area contributed by atoms with Crippen molar-refractivity contribution < 1.29 is 33.3 Å². The standard InChI is InChI=1S/C35H33IN2O8S/c1-5-43-24-15-13-23(14-16-24)31-29(34(41)45-7-3)30(22-11-9-8-10-12-22)37-35-38(31)33(40)27(47-35)19-21-17-25(36)32(26(18-21)42-4)46-20-28(39)44-6-2/h8-19,31H,5-7,20H2,1-4H3/b27-19-/t31-/m0/s1. The first-order valence-electron chi connectivity index (χ1n) is 15.0. The van der Waals surface area contributed by atoms with Crippen LogP contribution in [0.4, 0.5) is 0 Å². The van der Waals surface area contributed by atoms with E-state index in [1.807, 2.05) is 67.6 Å². The highest BCUT2D eigenvalue weighted by Crippen LogP contribution is 2.36. The van der Waals surface area contributed by atoms with E-state index in [9.17, 15) is 14.4 Å². The number of hydrogen-bond donors (Lipinski definition) is 0. The molecule has 0 unspecified atom stereocenters. The number of carbonyl (C=O) groups excluding carboxylic acids is 2. The molecule has 12 heteroatoms. The summed E-state index contributed by atoms with van der Waals surface area (Å²) in [5.74, 6) is 0.410. The van der Waals surface area contributed by atoms with Crippen molar-refractivity contribution in [2.24, 2.45) is 4.99 Å². The minimum atomic E-state index is -0.813. The maximum atomic E-state index is 14.3. The molecule has 5 rings (SSSR count). The predicted molar refractivity (Wildman–Crippen MR) is 187 cm³/mol. The van der Waals surface area contributed by atoms with Gasteiger partial charge in [-0.15, -0.1) is 0 Å². The van der Waals surface area contributed by atoms with Crippen LogP contribution >= 0.6 is 33.9 Å². The lowest BCUT2D eigenvalue weighted by Crippen LogP contribution is -2.40. The molecule has 1 aliphatic heterocycles. The smallest absolute Gasteiger partial charge is 0.344 e. The van der Waals surface area contributed by atoms with Crippen molar-refractivity contribution in [1.82, 2.24) is 4.57 Å². The summed E-state index contributed by atoms with van der Waals surface area (Å²) >= 11 is 3.31. The third-order valence-corrected chi connectivity index (χ3v) is 8.85. The quantitative estimate of drug-likeness (QED) is 0.148. The van der Waals surface area contributed by atoms with E-state index in [1.165, 1.54) is 18.4 Å². The second-order valence-electron chi connectivity index (χ2n) is 10.1. The minimum Gasteiger partial charge on any atom is -0.494 e. The summed E-state index contributed by atoms with van der Waals surface area (Å²) in [6.45, 7) is 6.01. The Morgan fingerprint density at radius 3 is 2.34 bits per heavy atom. The predicted octanol–water partition coefficient (Wildman–Crippen LogP) is 4.89. The number of aromatic nitrogens is 1. The second kappa shape index (κ2) is 15.4. The van der Waals surface area contributed by atoms with Crippen LogP contribution in [-0.4, -0.2) is 50.0 Å². The van der Waals surface area contributed by atoms with E-state index in [4.69, 9.17) is 28.7 Å². The van der Waals surface area contributed by atoms with Crippen LogP contribution in [0.25, 0.3) is 11.8 Å². The molecule has 0 amide bonds. The zero-order chi connectivity index (χ0) is 33.5.